The van der Waals surface area contributed by atoms with Gasteiger partial charge in [-0.1, -0.05) is 13.8 Å². The minimum absolute atomic E-state index is 0.999. The molecule has 1 unspecified atom stereocenters. The van der Waals surface area contributed by atoms with Gasteiger partial charge >= 0.3 is 0 Å². The van der Waals surface area contributed by atoms with E-state index in [2.05, 4.69) is 18.7 Å². The maximum atomic E-state index is 2.73. The third-order valence-electron chi connectivity index (χ3n) is 4.94. The van der Waals surface area contributed by atoms with Gasteiger partial charge in [-0.05, 0) is 56.0 Å². The fourth-order valence-corrected chi connectivity index (χ4v) is 4.39. The van der Waals surface area contributed by atoms with Crippen molar-refractivity contribution in [3.8, 4) is 0 Å². The van der Waals surface area contributed by atoms with Gasteiger partial charge in [-0.25, -0.2) is 0 Å². The molecule has 0 aromatic carbocycles. The highest BCUT2D eigenvalue weighted by Gasteiger charge is 2.63. The molecular formula is C12H21N. The van der Waals surface area contributed by atoms with E-state index in [9.17, 15) is 0 Å². The van der Waals surface area contributed by atoms with Crippen LogP contribution < -0.4 is 0 Å². The van der Waals surface area contributed by atoms with Gasteiger partial charge in [-0.3, -0.25) is 0 Å². The van der Waals surface area contributed by atoms with E-state index in [1.807, 2.05) is 0 Å². The quantitative estimate of drug-likeness (QED) is 0.643. The van der Waals surface area contributed by atoms with Crippen LogP contribution in [0.15, 0.2) is 0 Å². The van der Waals surface area contributed by atoms with E-state index >= 15 is 0 Å². The van der Waals surface area contributed by atoms with Gasteiger partial charge in [0.25, 0.3) is 0 Å². The average molecular weight is 179 g/mol. The van der Waals surface area contributed by atoms with Crippen molar-refractivity contribution >= 4 is 0 Å². The van der Waals surface area contributed by atoms with Crippen LogP contribution in [0.25, 0.3) is 0 Å². The summed E-state index contributed by atoms with van der Waals surface area (Å²) in [7, 11) is 0. The SMILES string of the molecule is CCN(CC)C1[C@H]2CC[C@@H]1[C@@H]1C[C@@H]12. The Labute approximate surface area is 81.5 Å². The molecule has 0 aliphatic heterocycles. The molecule has 3 rings (SSSR count). The van der Waals surface area contributed by atoms with Crippen LogP contribution in [0.4, 0.5) is 0 Å². The number of hydrogen-bond acceptors (Lipinski definition) is 1. The molecule has 3 saturated carbocycles. The van der Waals surface area contributed by atoms with E-state index in [-0.39, 0.29) is 0 Å². The second kappa shape index (κ2) is 2.73. The van der Waals surface area contributed by atoms with E-state index in [1.165, 1.54) is 24.9 Å². The summed E-state index contributed by atoms with van der Waals surface area (Å²) < 4.78 is 0. The van der Waals surface area contributed by atoms with Crippen LogP contribution in [0.5, 0.6) is 0 Å². The molecule has 0 spiro atoms. The van der Waals surface area contributed by atoms with Crippen molar-refractivity contribution in [3.63, 3.8) is 0 Å². The normalized spacial score (nSPS) is 51.5. The molecule has 3 fully saturated rings. The Morgan fingerprint density at radius 3 is 1.92 bits per heavy atom. The Hall–Kier alpha value is -0.0400. The first-order chi connectivity index (χ1) is 6.36. The smallest absolute Gasteiger partial charge is 0.0157 e. The number of nitrogens with zero attached hydrogens (tertiary/aromatic N) is 1. The molecule has 74 valence electrons. The fourth-order valence-electron chi connectivity index (χ4n) is 4.39. The van der Waals surface area contributed by atoms with Crippen molar-refractivity contribution in [2.24, 2.45) is 23.7 Å². The molecule has 0 N–H and O–H groups in total. The lowest BCUT2D eigenvalue weighted by Crippen LogP contribution is -2.40. The summed E-state index contributed by atoms with van der Waals surface area (Å²) in [6.45, 7) is 7.20. The molecule has 0 amide bonds. The van der Waals surface area contributed by atoms with Gasteiger partial charge in [0.15, 0.2) is 0 Å². The highest BCUT2D eigenvalue weighted by Crippen LogP contribution is 2.66. The second-order valence-electron chi connectivity index (χ2n) is 5.18. The molecule has 5 atom stereocenters. The van der Waals surface area contributed by atoms with Crippen LogP contribution in [-0.4, -0.2) is 24.0 Å². The van der Waals surface area contributed by atoms with E-state index in [0.29, 0.717) is 0 Å². The molecular weight excluding hydrogens is 158 g/mol. The fraction of sp³-hybridized carbons (Fsp3) is 1.00. The molecule has 0 aromatic rings. The first-order valence-electron chi connectivity index (χ1n) is 6.10. The van der Waals surface area contributed by atoms with Crippen molar-refractivity contribution in [1.82, 2.24) is 4.90 Å². The van der Waals surface area contributed by atoms with Crippen LogP contribution in [0.2, 0.25) is 0 Å². The lowest BCUT2D eigenvalue weighted by molar-refractivity contribution is 0.154. The molecule has 3 aliphatic rings. The molecule has 0 heterocycles. The third-order valence-corrected chi connectivity index (χ3v) is 4.94. The van der Waals surface area contributed by atoms with Crippen molar-refractivity contribution < 1.29 is 0 Å². The second-order valence-corrected chi connectivity index (χ2v) is 5.18. The van der Waals surface area contributed by atoms with Crippen molar-refractivity contribution in [3.05, 3.63) is 0 Å². The zero-order valence-electron chi connectivity index (χ0n) is 8.87. The highest BCUT2D eigenvalue weighted by atomic mass is 15.2. The molecule has 13 heavy (non-hydrogen) atoms. The van der Waals surface area contributed by atoms with Gasteiger partial charge < -0.3 is 4.90 Å². The maximum absolute atomic E-state index is 2.73. The van der Waals surface area contributed by atoms with Gasteiger partial charge in [0.2, 0.25) is 0 Å². The molecule has 1 heteroatoms. The molecule has 1 nitrogen and oxygen atoms in total. The Bertz CT molecular complexity index is 193. The van der Waals surface area contributed by atoms with Crippen LogP contribution in [-0.2, 0) is 0 Å². The molecule has 0 aromatic heterocycles. The summed E-state index contributed by atoms with van der Waals surface area (Å²) in [6, 6.07) is 0.999. The minimum Gasteiger partial charge on any atom is -0.300 e. The summed E-state index contributed by atoms with van der Waals surface area (Å²) in [5, 5.41) is 0. The van der Waals surface area contributed by atoms with Crippen LogP contribution in [0.3, 0.4) is 0 Å². The van der Waals surface area contributed by atoms with Gasteiger partial charge in [0.05, 0.1) is 0 Å². The van der Waals surface area contributed by atoms with Crippen LogP contribution in [0.1, 0.15) is 33.1 Å². The molecule has 0 radical (unpaired) electrons. The van der Waals surface area contributed by atoms with Gasteiger partial charge in [0.1, 0.15) is 0 Å². The maximum Gasteiger partial charge on any atom is 0.0157 e. The first-order valence-corrected chi connectivity index (χ1v) is 6.10. The number of hydrogen-bond donors (Lipinski definition) is 0. The van der Waals surface area contributed by atoms with Gasteiger partial charge in [-0.15, -0.1) is 0 Å². The average Bonchev–Trinajstić information content (AvgIpc) is 2.80. The molecule has 0 saturated heterocycles. The van der Waals surface area contributed by atoms with E-state index < -0.39 is 0 Å². The molecule has 2 bridgehead atoms. The van der Waals surface area contributed by atoms with Crippen LogP contribution >= 0.6 is 0 Å². The summed E-state index contributed by atoms with van der Waals surface area (Å²) in [5.41, 5.74) is 0. The Morgan fingerprint density at radius 1 is 0.923 bits per heavy atom. The monoisotopic (exact) mass is 179 g/mol. The summed E-state index contributed by atoms with van der Waals surface area (Å²) in [5.74, 6) is 4.55. The zero-order chi connectivity index (χ0) is 9.00. The summed E-state index contributed by atoms with van der Waals surface area (Å²) in [4.78, 5) is 2.73. The topological polar surface area (TPSA) is 3.24 Å². The lowest BCUT2D eigenvalue weighted by Gasteiger charge is -2.31. The highest BCUT2D eigenvalue weighted by molar-refractivity contribution is 5.14. The standard InChI is InChI=1S/C12H21N/c1-3-13(4-2)12-8-5-6-9(12)11-7-10(8)11/h8-12H,3-7H2,1-2H3/t8-,9+,10+,11-,12?. The Balaban J connectivity index is 1.78. The van der Waals surface area contributed by atoms with Gasteiger partial charge in [0, 0.05) is 6.04 Å². The first kappa shape index (κ1) is 8.28. The summed E-state index contributed by atoms with van der Waals surface area (Å²) in [6.07, 6.45) is 4.69. The number of fused-ring (bicyclic) bond motifs is 5. The predicted octanol–water partition coefficient (Wildman–Crippen LogP) is 2.37. The Kier molecular flexibility index (Phi) is 1.74. The third kappa shape index (κ3) is 0.971. The van der Waals surface area contributed by atoms with Gasteiger partial charge in [-0.2, -0.15) is 0 Å². The van der Waals surface area contributed by atoms with E-state index in [0.717, 1.165) is 17.9 Å². The molecule has 3 aliphatic carbocycles. The van der Waals surface area contributed by atoms with E-state index in [1.54, 1.807) is 19.3 Å². The largest absolute Gasteiger partial charge is 0.300 e. The lowest BCUT2D eigenvalue weighted by atomic mass is 9.99. The number of rotatable bonds is 3. The predicted molar refractivity (Wildman–Crippen MR) is 54.5 cm³/mol. The van der Waals surface area contributed by atoms with E-state index in [4.69, 9.17) is 0 Å². The van der Waals surface area contributed by atoms with Crippen molar-refractivity contribution in [2.45, 2.75) is 39.2 Å². The van der Waals surface area contributed by atoms with Crippen LogP contribution in [0, 0.1) is 23.7 Å². The zero-order valence-corrected chi connectivity index (χ0v) is 8.87. The summed E-state index contributed by atoms with van der Waals surface area (Å²) >= 11 is 0. The van der Waals surface area contributed by atoms with Crippen molar-refractivity contribution in [1.29, 1.82) is 0 Å². The van der Waals surface area contributed by atoms with Crippen molar-refractivity contribution in [2.75, 3.05) is 13.1 Å². The minimum atomic E-state index is 0.999. The Morgan fingerprint density at radius 2 is 1.46 bits per heavy atom.